The van der Waals surface area contributed by atoms with Gasteiger partial charge < -0.3 is 5.32 Å². The highest BCUT2D eigenvalue weighted by Crippen LogP contribution is 2.39. The van der Waals surface area contributed by atoms with Gasteiger partial charge in [0, 0.05) is 25.5 Å². The minimum absolute atomic E-state index is 0. The molecule has 2 aliphatic heterocycles. The van der Waals surface area contributed by atoms with Crippen LogP contribution in [0, 0.1) is 5.41 Å². The Labute approximate surface area is 144 Å². The van der Waals surface area contributed by atoms with Crippen LogP contribution in [0.2, 0.25) is 0 Å². The summed E-state index contributed by atoms with van der Waals surface area (Å²) < 4.78 is 1.93. The minimum Gasteiger partial charge on any atom is -0.317 e. The van der Waals surface area contributed by atoms with Crippen LogP contribution in [-0.2, 0) is 6.54 Å². The molecule has 2 aromatic rings. The first kappa shape index (κ1) is 16.5. The van der Waals surface area contributed by atoms with E-state index in [1.807, 2.05) is 23.1 Å². The number of hydrogen-bond acceptors (Lipinski definition) is 3. The summed E-state index contributed by atoms with van der Waals surface area (Å²) >= 11 is 0. The van der Waals surface area contributed by atoms with Crippen molar-refractivity contribution in [2.24, 2.45) is 5.41 Å². The Balaban J connectivity index is 0.00000156. The zero-order valence-electron chi connectivity index (χ0n) is 13.4. The molecule has 2 saturated heterocycles. The maximum Gasteiger partial charge on any atom is 0.0648 e. The highest BCUT2D eigenvalue weighted by molar-refractivity contribution is 5.85. The molecule has 0 saturated carbocycles. The quantitative estimate of drug-likeness (QED) is 0.938. The molecule has 0 amide bonds. The largest absolute Gasteiger partial charge is 0.317 e. The number of halogens is 1. The Hall–Kier alpha value is -1.36. The van der Waals surface area contributed by atoms with Gasteiger partial charge in [0.1, 0.15) is 0 Å². The third-order valence-corrected chi connectivity index (χ3v) is 5.27. The number of nitrogens with one attached hydrogen (secondary N) is 1. The smallest absolute Gasteiger partial charge is 0.0648 e. The first-order chi connectivity index (χ1) is 10.8. The Kier molecular flexibility index (Phi) is 5.05. The third kappa shape index (κ3) is 3.60. The first-order valence-electron chi connectivity index (χ1n) is 8.35. The van der Waals surface area contributed by atoms with Gasteiger partial charge in [0.2, 0.25) is 0 Å². The van der Waals surface area contributed by atoms with E-state index in [1.54, 1.807) is 0 Å². The zero-order valence-corrected chi connectivity index (χ0v) is 14.3. The van der Waals surface area contributed by atoms with Crippen LogP contribution >= 0.6 is 12.4 Å². The van der Waals surface area contributed by atoms with Crippen molar-refractivity contribution >= 4 is 12.4 Å². The number of hydrogen-bond donors (Lipinski definition) is 1. The molecule has 5 heteroatoms. The molecule has 0 unspecified atom stereocenters. The summed E-state index contributed by atoms with van der Waals surface area (Å²) in [6.45, 7) is 5.96. The number of piperidine rings is 1. The van der Waals surface area contributed by atoms with Crippen molar-refractivity contribution in [3.63, 3.8) is 0 Å². The number of nitrogens with zero attached hydrogens (tertiary/aromatic N) is 3. The number of rotatable bonds is 3. The molecular weight excluding hydrogens is 308 g/mol. The summed E-state index contributed by atoms with van der Waals surface area (Å²) in [5.41, 5.74) is 3.13. The lowest BCUT2D eigenvalue weighted by Crippen LogP contribution is -2.38. The summed E-state index contributed by atoms with van der Waals surface area (Å²) in [4.78, 5) is 2.63. The fraction of sp³-hybridized carbons (Fsp3) is 0.500. The minimum atomic E-state index is 0. The number of benzene rings is 1. The van der Waals surface area contributed by atoms with Gasteiger partial charge >= 0.3 is 0 Å². The molecule has 1 aromatic carbocycles. The lowest BCUT2D eigenvalue weighted by atomic mass is 9.78. The van der Waals surface area contributed by atoms with Gasteiger partial charge in [0.25, 0.3) is 0 Å². The van der Waals surface area contributed by atoms with E-state index in [-0.39, 0.29) is 12.4 Å². The molecule has 124 valence electrons. The van der Waals surface area contributed by atoms with Gasteiger partial charge in [-0.2, -0.15) is 5.10 Å². The van der Waals surface area contributed by atoms with E-state index in [0.717, 1.165) is 12.2 Å². The van der Waals surface area contributed by atoms with Crippen LogP contribution in [-0.4, -0.2) is 40.9 Å². The van der Waals surface area contributed by atoms with E-state index in [1.165, 1.54) is 51.0 Å². The van der Waals surface area contributed by atoms with Gasteiger partial charge in [-0.15, -0.1) is 12.4 Å². The predicted molar refractivity (Wildman–Crippen MR) is 95.2 cm³/mol. The summed E-state index contributed by atoms with van der Waals surface area (Å²) in [6, 6.07) is 10.7. The summed E-state index contributed by atoms with van der Waals surface area (Å²) in [6.07, 6.45) is 7.88. The Morgan fingerprint density at radius 2 is 2.00 bits per heavy atom. The fourth-order valence-corrected chi connectivity index (χ4v) is 4.00. The second-order valence-electron chi connectivity index (χ2n) is 6.83. The predicted octanol–water partition coefficient (Wildman–Crippen LogP) is 2.87. The van der Waals surface area contributed by atoms with Crippen LogP contribution in [0.4, 0.5) is 0 Å². The SMILES string of the molecule is Cl.c1cc(CN2CCC3(CCNCC3)C2)cc(-n2cccn2)c1. The van der Waals surface area contributed by atoms with Crippen molar-refractivity contribution < 1.29 is 0 Å². The number of likely N-dealkylation sites (tertiary alicyclic amines) is 1. The van der Waals surface area contributed by atoms with Crippen LogP contribution in [0.25, 0.3) is 5.69 Å². The monoisotopic (exact) mass is 332 g/mol. The second kappa shape index (κ2) is 7.04. The lowest BCUT2D eigenvalue weighted by Gasteiger charge is -2.34. The molecule has 4 rings (SSSR count). The molecule has 1 aromatic heterocycles. The standard InChI is InChI=1S/C18H24N4.ClH/c1-3-16(13-17(4-1)22-11-2-8-20-22)14-21-12-7-18(15-21)5-9-19-10-6-18;/h1-4,8,11,13,19H,5-7,9-10,12,14-15H2;1H. The Morgan fingerprint density at radius 3 is 2.78 bits per heavy atom. The van der Waals surface area contributed by atoms with Crippen molar-refractivity contribution in [1.29, 1.82) is 0 Å². The molecule has 0 aliphatic carbocycles. The van der Waals surface area contributed by atoms with E-state index in [2.05, 4.69) is 39.6 Å². The normalized spacial score (nSPS) is 20.5. The van der Waals surface area contributed by atoms with E-state index >= 15 is 0 Å². The van der Waals surface area contributed by atoms with Gasteiger partial charge in [0.05, 0.1) is 5.69 Å². The number of aromatic nitrogens is 2. The summed E-state index contributed by atoms with van der Waals surface area (Å²) in [7, 11) is 0. The molecule has 2 aliphatic rings. The highest BCUT2D eigenvalue weighted by atomic mass is 35.5. The van der Waals surface area contributed by atoms with Crippen molar-refractivity contribution in [2.45, 2.75) is 25.8 Å². The molecule has 4 nitrogen and oxygen atoms in total. The summed E-state index contributed by atoms with van der Waals surface area (Å²) in [5.74, 6) is 0. The maximum absolute atomic E-state index is 4.32. The average Bonchev–Trinajstić information content (AvgIpc) is 3.20. The molecule has 3 heterocycles. The van der Waals surface area contributed by atoms with Gasteiger partial charge in [-0.25, -0.2) is 4.68 Å². The molecule has 23 heavy (non-hydrogen) atoms. The lowest BCUT2D eigenvalue weighted by molar-refractivity contribution is 0.194. The van der Waals surface area contributed by atoms with Crippen LogP contribution in [0.3, 0.4) is 0 Å². The summed E-state index contributed by atoms with van der Waals surface area (Å²) in [5, 5.41) is 7.82. The van der Waals surface area contributed by atoms with Crippen LogP contribution < -0.4 is 5.32 Å². The molecule has 1 N–H and O–H groups in total. The fourth-order valence-electron chi connectivity index (χ4n) is 4.00. The van der Waals surface area contributed by atoms with Crippen molar-refractivity contribution in [3.8, 4) is 5.69 Å². The molecular formula is C18H25ClN4. The Morgan fingerprint density at radius 1 is 1.13 bits per heavy atom. The molecule has 1 spiro atoms. The second-order valence-corrected chi connectivity index (χ2v) is 6.83. The van der Waals surface area contributed by atoms with Gasteiger partial charge in [-0.1, -0.05) is 12.1 Å². The van der Waals surface area contributed by atoms with Crippen LogP contribution in [0.15, 0.2) is 42.7 Å². The van der Waals surface area contributed by atoms with Gasteiger partial charge in [0.15, 0.2) is 0 Å². The highest BCUT2D eigenvalue weighted by Gasteiger charge is 2.38. The third-order valence-electron chi connectivity index (χ3n) is 5.27. The van der Waals surface area contributed by atoms with Crippen molar-refractivity contribution in [1.82, 2.24) is 20.0 Å². The van der Waals surface area contributed by atoms with E-state index in [0.29, 0.717) is 5.41 Å². The molecule has 0 atom stereocenters. The van der Waals surface area contributed by atoms with Crippen molar-refractivity contribution in [2.75, 3.05) is 26.2 Å². The molecule has 0 bridgehead atoms. The van der Waals surface area contributed by atoms with E-state index in [9.17, 15) is 0 Å². The van der Waals surface area contributed by atoms with Crippen molar-refractivity contribution in [3.05, 3.63) is 48.3 Å². The van der Waals surface area contributed by atoms with Crippen LogP contribution in [0.5, 0.6) is 0 Å². The zero-order chi connectivity index (χ0) is 14.8. The van der Waals surface area contributed by atoms with Crippen LogP contribution in [0.1, 0.15) is 24.8 Å². The Bertz CT molecular complexity index is 620. The van der Waals surface area contributed by atoms with E-state index in [4.69, 9.17) is 0 Å². The maximum atomic E-state index is 4.32. The van der Waals surface area contributed by atoms with Gasteiger partial charge in [-0.3, -0.25) is 4.90 Å². The average molecular weight is 333 g/mol. The molecule has 0 radical (unpaired) electrons. The van der Waals surface area contributed by atoms with E-state index < -0.39 is 0 Å². The van der Waals surface area contributed by atoms with Gasteiger partial charge in [-0.05, 0) is 68.1 Å². The topological polar surface area (TPSA) is 33.1 Å². The molecule has 2 fully saturated rings. The first-order valence-corrected chi connectivity index (χ1v) is 8.35.